The zero-order valence-corrected chi connectivity index (χ0v) is 11.4. The molecular formula is C12H12BrNO3. The van der Waals surface area contributed by atoms with E-state index in [1.54, 1.807) is 39.0 Å². The molecule has 0 radical (unpaired) electrons. The van der Waals surface area contributed by atoms with Gasteiger partial charge in [0, 0.05) is 4.47 Å². The van der Waals surface area contributed by atoms with Crippen LogP contribution in [0.4, 0.5) is 4.79 Å². The molecule has 5 heteroatoms. The van der Waals surface area contributed by atoms with Crippen molar-refractivity contribution in [2.75, 3.05) is 0 Å². The van der Waals surface area contributed by atoms with Gasteiger partial charge < -0.3 is 9.47 Å². The van der Waals surface area contributed by atoms with Crippen molar-refractivity contribution < 1.29 is 14.3 Å². The van der Waals surface area contributed by atoms with Gasteiger partial charge in [0.15, 0.2) is 5.75 Å². The van der Waals surface area contributed by atoms with Crippen LogP contribution in [0.5, 0.6) is 5.75 Å². The third kappa shape index (κ3) is 4.45. The summed E-state index contributed by atoms with van der Waals surface area (Å²) in [4.78, 5) is 11.4. The standard InChI is InChI=1S/C12H12BrNO3/c1-12(2,3)17-11(15)16-10-6-9(13)5-4-8(10)7-14/h4-6H,1-3H3. The van der Waals surface area contributed by atoms with Crippen LogP contribution in [-0.2, 0) is 4.74 Å². The van der Waals surface area contributed by atoms with Crippen LogP contribution < -0.4 is 4.74 Å². The van der Waals surface area contributed by atoms with Crippen LogP contribution in [0.1, 0.15) is 26.3 Å². The Bertz CT molecular complexity index is 472. The van der Waals surface area contributed by atoms with Crippen molar-refractivity contribution in [3.8, 4) is 11.8 Å². The summed E-state index contributed by atoms with van der Waals surface area (Å²) in [5.41, 5.74) is -0.352. The van der Waals surface area contributed by atoms with Gasteiger partial charge in [0.1, 0.15) is 11.7 Å². The van der Waals surface area contributed by atoms with Crippen molar-refractivity contribution >= 4 is 22.1 Å². The molecule has 0 saturated heterocycles. The first-order valence-corrected chi connectivity index (χ1v) is 5.71. The molecule has 0 bridgehead atoms. The Kier molecular flexibility index (Phi) is 4.13. The summed E-state index contributed by atoms with van der Waals surface area (Å²) in [7, 11) is 0. The number of carbonyl (C=O) groups is 1. The van der Waals surface area contributed by atoms with Crippen molar-refractivity contribution in [2.24, 2.45) is 0 Å². The van der Waals surface area contributed by atoms with Crippen LogP contribution >= 0.6 is 15.9 Å². The van der Waals surface area contributed by atoms with E-state index in [4.69, 9.17) is 14.7 Å². The SMILES string of the molecule is CC(C)(C)OC(=O)Oc1cc(Br)ccc1C#N. The van der Waals surface area contributed by atoms with Gasteiger partial charge >= 0.3 is 6.16 Å². The minimum absolute atomic E-state index is 0.177. The third-order valence-electron chi connectivity index (χ3n) is 1.65. The number of ether oxygens (including phenoxy) is 2. The lowest BCUT2D eigenvalue weighted by molar-refractivity contribution is 0.0205. The number of hydrogen-bond acceptors (Lipinski definition) is 4. The number of carbonyl (C=O) groups excluding carboxylic acids is 1. The topological polar surface area (TPSA) is 59.3 Å². The molecule has 0 unspecified atom stereocenters. The highest BCUT2D eigenvalue weighted by atomic mass is 79.9. The summed E-state index contributed by atoms with van der Waals surface area (Å²) in [5, 5.41) is 8.86. The van der Waals surface area contributed by atoms with Crippen LogP contribution in [0.2, 0.25) is 0 Å². The Morgan fingerprint density at radius 3 is 2.59 bits per heavy atom. The van der Waals surface area contributed by atoms with E-state index < -0.39 is 11.8 Å². The predicted molar refractivity (Wildman–Crippen MR) is 65.7 cm³/mol. The quantitative estimate of drug-likeness (QED) is 0.586. The van der Waals surface area contributed by atoms with Gasteiger partial charge in [0.25, 0.3) is 0 Å². The lowest BCUT2D eigenvalue weighted by Crippen LogP contribution is -2.26. The van der Waals surface area contributed by atoms with E-state index in [0.717, 1.165) is 4.47 Å². The van der Waals surface area contributed by atoms with E-state index in [1.165, 1.54) is 0 Å². The predicted octanol–water partition coefficient (Wildman–Crippen LogP) is 3.63. The van der Waals surface area contributed by atoms with Gasteiger partial charge in [-0.3, -0.25) is 0 Å². The zero-order chi connectivity index (χ0) is 13.1. The fraction of sp³-hybridized carbons (Fsp3) is 0.333. The lowest BCUT2D eigenvalue weighted by atomic mass is 10.2. The average Bonchev–Trinajstić information content (AvgIpc) is 2.14. The van der Waals surface area contributed by atoms with Crippen LogP contribution in [0.25, 0.3) is 0 Å². The first kappa shape index (κ1) is 13.5. The van der Waals surface area contributed by atoms with E-state index >= 15 is 0 Å². The summed E-state index contributed by atoms with van der Waals surface area (Å²) < 4.78 is 10.7. The second kappa shape index (κ2) is 5.19. The molecule has 0 aliphatic heterocycles. The summed E-state index contributed by atoms with van der Waals surface area (Å²) in [6.45, 7) is 5.21. The van der Waals surface area contributed by atoms with E-state index in [1.807, 2.05) is 6.07 Å². The highest BCUT2D eigenvalue weighted by Gasteiger charge is 2.19. The fourth-order valence-electron chi connectivity index (χ4n) is 1.03. The second-order valence-electron chi connectivity index (χ2n) is 4.32. The zero-order valence-electron chi connectivity index (χ0n) is 9.78. The molecule has 0 aliphatic carbocycles. The highest BCUT2D eigenvalue weighted by Crippen LogP contribution is 2.24. The van der Waals surface area contributed by atoms with Crippen LogP contribution in [0.15, 0.2) is 22.7 Å². The second-order valence-corrected chi connectivity index (χ2v) is 5.23. The highest BCUT2D eigenvalue weighted by molar-refractivity contribution is 9.10. The van der Waals surface area contributed by atoms with Gasteiger partial charge in [-0.25, -0.2) is 4.79 Å². The smallest absolute Gasteiger partial charge is 0.428 e. The first-order valence-electron chi connectivity index (χ1n) is 4.92. The van der Waals surface area contributed by atoms with E-state index in [-0.39, 0.29) is 11.3 Å². The monoisotopic (exact) mass is 297 g/mol. The van der Waals surface area contributed by atoms with E-state index in [9.17, 15) is 4.79 Å². The Hall–Kier alpha value is -1.54. The molecule has 0 amide bonds. The Balaban J connectivity index is 2.85. The van der Waals surface area contributed by atoms with Gasteiger partial charge in [-0.05, 0) is 39.0 Å². The molecule has 0 N–H and O–H groups in total. The molecule has 90 valence electrons. The van der Waals surface area contributed by atoms with Crippen molar-refractivity contribution in [2.45, 2.75) is 26.4 Å². The molecule has 0 saturated carbocycles. The first-order chi connectivity index (χ1) is 7.81. The molecule has 0 heterocycles. The number of rotatable bonds is 1. The molecule has 0 fully saturated rings. The van der Waals surface area contributed by atoms with Crippen molar-refractivity contribution in [3.63, 3.8) is 0 Å². The molecular weight excluding hydrogens is 286 g/mol. The molecule has 0 aromatic heterocycles. The number of nitriles is 1. The fourth-order valence-corrected chi connectivity index (χ4v) is 1.37. The number of halogens is 1. The minimum Gasteiger partial charge on any atom is -0.428 e. The van der Waals surface area contributed by atoms with Gasteiger partial charge in [-0.15, -0.1) is 0 Å². The van der Waals surface area contributed by atoms with Crippen LogP contribution in [0.3, 0.4) is 0 Å². The Morgan fingerprint density at radius 1 is 1.41 bits per heavy atom. The van der Waals surface area contributed by atoms with Crippen molar-refractivity contribution in [1.29, 1.82) is 5.26 Å². The maximum absolute atomic E-state index is 11.4. The molecule has 0 aliphatic rings. The summed E-state index contributed by atoms with van der Waals surface area (Å²) >= 11 is 3.24. The summed E-state index contributed by atoms with van der Waals surface area (Å²) in [5.74, 6) is 0.177. The minimum atomic E-state index is -0.827. The molecule has 1 aromatic rings. The average molecular weight is 298 g/mol. The maximum Gasteiger partial charge on any atom is 0.514 e. The van der Waals surface area contributed by atoms with E-state index in [0.29, 0.717) is 0 Å². The molecule has 1 aromatic carbocycles. The molecule has 1 rings (SSSR count). The number of benzene rings is 1. The normalized spacial score (nSPS) is 10.5. The number of hydrogen-bond donors (Lipinski definition) is 0. The van der Waals surface area contributed by atoms with Gasteiger partial charge in [0.2, 0.25) is 0 Å². The third-order valence-corrected chi connectivity index (χ3v) is 2.14. The Morgan fingerprint density at radius 2 is 2.06 bits per heavy atom. The van der Waals surface area contributed by atoms with Gasteiger partial charge in [-0.2, -0.15) is 5.26 Å². The maximum atomic E-state index is 11.4. The van der Waals surface area contributed by atoms with E-state index in [2.05, 4.69) is 15.9 Å². The molecule has 0 atom stereocenters. The Labute approximate surface area is 108 Å². The molecule has 4 nitrogen and oxygen atoms in total. The van der Waals surface area contributed by atoms with Crippen LogP contribution in [0, 0.1) is 11.3 Å². The van der Waals surface area contributed by atoms with Gasteiger partial charge in [0.05, 0.1) is 5.56 Å². The molecule has 0 spiro atoms. The summed E-state index contributed by atoms with van der Waals surface area (Å²) in [6.07, 6.45) is -0.827. The number of nitrogens with zero attached hydrogens (tertiary/aromatic N) is 1. The van der Waals surface area contributed by atoms with Crippen LogP contribution in [-0.4, -0.2) is 11.8 Å². The van der Waals surface area contributed by atoms with Gasteiger partial charge in [-0.1, -0.05) is 15.9 Å². The van der Waals surface area contributed by atoms with Crippen molar-refractivity contribution in [3.05, 3.63) is 28.2 Å². The lowest BCUT2D eigenvalue weighted by Gasteiger charge is -2.18. The summed E-state index contributed by atoms with van der Waals surface area (Å²) in [6, 6.07) is 6.74. The molecule has 17 heavy (non-hydrogen) atoms. The van der Waals surface area contributed by atoms with Crippen molar-refractivity contribution in [1.82, 2.24) is 0 Å². The largest absolute Gasteiger partial charge is 0.514 e.